The molecular weight excluding hydrogens is 214 g/mol. The Labute approximate surface area is 88.7 Å². The zero-order chi connectivity index (χ0) is 10.5. The van der Waals surface area contributed by atoms with Gasteiger partial charge in [0.1, 0.15) is 6.20 Å². The first-order valence-corrected chi connectivity index (χ1v) is 4.97. The van der Waals surface area contributed by atoms with E-state index in [0.29, 0.717) is 0 Å². The topological polar surface area (TPSA) is 83.0 Å². The molecule has 0 aromatic carbocycles. The summed E-state index contributed by atoms with van der Waals surface area (Å²) in [5.41, 5.74) is 2.25. The lowest BCUT2D eigenvalue weighted by Gasteiger charge is -1.94. The Balaban J connectivity index is 2.02. The quantitative estimate of drug-likeness (QED) is 0.589. The fourth-order valence-corrected chi connectivity index (χ4v) is 1.47. The van der Waals surface area contributed by atoms with E-state index in [0.717, 1.165) is 11.1 Å². The Morgan fingerprint density at radius 1 is 1.60 bits per heavy atom. The Morgan fingerprint density at radius 2 is 2.53 bits per heavy atom. The van der Waals surface area contributed by atoms with Crippen LogP contribution in [0.25, 0.3) is 0 Å². The molecule has 15 heavy (non-hydrogen) atoms. The van der Waals surface area contributed by atoms with Crippen LogP contribution in [0, 0.1) is 0 Å². The highest BCUT2D eigenvalue weighted by molar-refractivity contribution is 7.11. The molecule has 6 nitrogen and oxygen atoms in total. The third kappa shape index (κ3) is 2.71. The molecular formula is C8H7N5OS. The minimum Gasteiger partial charge on any atom is -0.289 e. The number of thiophene rings is 1. The number of nitrogens with one attached hydrogen (secondary N) is 2. The summed E-state index contributed by atoms with van der Waals surface area (Å²) in [5, 5.41) is 12.9. The van der Waals surface area contributed by atoms with Crippen molar-refractivity contribution in [2.24, 2.45) is 5.10 Å². The fraction of sp³-hybridized carbons (Fsp3) is 0. The SMILES string of the molecule is O=c1cnnc(N/N=C/c2cccs2)[nH]1. The van der Waals surface area contributed by atoms with Crippen LogP contribution in [0.4, 0.5) is 5.95 Å². The zero-order valence-corrected chi connectivity index (χ0v) is 8.36. The van der Waals surface area contributed by atoms with Gasteiger partial charge in [-0.05, 0) is 11.4 Å². The van der Waals surface area contributed by atoms with Gasteiger partial charge in [-0.3, -0.25) is 9.78 Å². The normalized spacial score (nSPS) is 10.7. The number of H-pyrrole nitrogens is 1. The van der Waals surface area contributed by atoms with Gasteiger partial charge in [0.2, 0.25) is 5.95 Å². The van der Waals surface area contributed by atoms with E-state index in [1.165, 1.54) is 0 Å². The Morgan fingerprint density at radius 3 is 3.27 bits per heavy atom. The van der Waals surface area contributed by atoms with E-state index in [2.05, 4.69) is 25.7 Å². The van der Waals surface area contributed by atoms with Crippen molar-refractivity contribution in [3.8, 4) is 0 Å². The van der Waals surface area contributed by atoms with Crippen molar-refractivity contribution < 1.29 is 0 Å². The fourth-order valence-electron chi connectivity index (χ4n) is 0.885. The standard InChI is InChI=1S/C8H7N5OS/c14-7-5-10-13-8(11-7)12-9-4-6-2-1-3-15-6/h1-5H,(H2,11,12,13,14)/b9-4+. The van der Waals surface area contributed by atoms with Gasteiger partial charge in [-0.25, -0.2) is 5.43 Å². The van der Waals surface area contributed by atoms with Crippen LogP contribution in [0.1, 0.15) is 4.88 Å². The summed E-state index contributed by atoms with van der Waals surface area (Å²) in [7, 11) is 0. The second-order valence-corrected chi connectivity index (χ2v) is 3.55. The van der Waals surface area contributed by atoms with Crippen molar-refractivity contribution in [1.82, 2.24) is 15.2 Å². The summed E-state index contributed by atoms with van der Waals surface area (Å²) >= 11 is 1.56. The molecule has 2 heterocycles. The first kappa shape index (κ1) is 9.53. The van der Waals surface area contributed by atoms with Gasteiger partial charge in [-0.2, -0.15) is 5.10 Å². The van der Waals surface area contributed by atoms with Crippen molar-refractivity contribution in [3.05, 3.63) is 38.9 Å². The highest BCUT2D eigenvalue weighted by atomic mass is 32.1. The average Bonchev–Trinajstić information content (AvgIpc) is 2.71. The summed E-state index contributed by atoms with van der Waals surface area (Å²) in [6.45, 7) is 0. The van der Waals surface area contributed by atoms with Crippen LogP contribution in [0.5, 0.6) is 0 Å². The van der Waals surface area contributed by atoms with E-state index in [1.54, 1.807) is 17.6 Å². The monoisotopic (exact) mass is 221 g/mol. The highest BCUT2D eigenvalue weighted by Gasteiger charge is 1.91. The molecule has 0 aliphatic heterocycles. The molecule has 0 aliphatic carbocycles. The summed E-state index contributed by atoms with van der Waals surface area (Å²) < 4.78 is 0. The predicted octanol–water partition coefficient (Wildman–Crippen LogP) is 0.672. The first-order valence-electron chi connectivity index (χ1n) is 4.09. The molecule has 0 atom stereocenters. The molecule has 0 bridgehead atoms. The molecule has 2 rings (SSSR count). The molecule has 0 unspecified atom stereocenters. The van der Waals surface area contributed by atoms with Crippen molar-refractivity contribution in [3.63, 3.8) is 0 Å². The highest BCUT2D eigenvalue weighted by Crippen LogP contribution is 2.04. The molecule has 2 N–H and O–H groups in total. The van der Waals surface area contributed by atoms with Gasteiger partial charge in [-0.15, -0.1) is 21.5 Å². The van der Waals surface area contributed by atoms with Crippen LogP contribution in [0.15, 0.2) is 33.6 Å². The molecule has 2 aromatic heterocycles. The Bertz CT molecular complexity index is 504. The van der Waals surface area contributed by atoms with Crippen molar-refractivity contribution in [2.75, 3.05) is 5.43 Å². The maximum Gasteiger partial charge on any atom is 0.271 e. The van der Waals surface area contributed by atoms with Crippen LogP contribution in [0.2, 0.25) is 0 Å². The van der Waals surface area contributed by atoms with E-state index in [4.69, 9.17) is 0 Å². The van der Waals surface area contributed by atoms with E-state index < -0.39 is 0 Å². The van der Waals surface area contributed by atoms with Gasteiger partial charge in [0, 0.05) is 4.88 Å². The lowest BCUT2D eigenvalue weighted by atomic mass is 10.5. The van der Waals surface area contributed by atoms with E-state index in [-0.39, 0.29) is 11.5 Å². The minimum atomic E-state index is -0.321. The average molecular weight is 221 g/mol. The van der Waals surface area contributed by atoms with Gasteiger partial charge < -0.3 is 0 Å². The third-order valence-corrected chi connectivity index (χ3v) is 2.29. The molecule has 0 fully saturated rings. The summed E-state index contributed by atoms with van der Waals surface area (Å²) in [5.74, 6) is 0.218. The van der Waals surface area contributed by atoms with Gasteiger partial charge in [-0.1, -0.05) is 6.07 Å². The molecule has 0 radical (unpaired) electrons. The molecule has 0 amide bonds. The van der Waals surface area contributed by atoms with Crippen LogP contribution in [-0.4, -0.2) is 21.4 Å². The molecule has 0 aliphatic rings. The van der Waals surface area contributed by atoms with E-state index in [1.807, 2.05) is 17.5 Å². The third-order valence-electron chi connectivity index (χ3n) is 1.48. The number of aromatic nitrogens is 3. The molecule has 0 saturated carbocycles. The van der Waals surface area contributed by atoms with Crippen molar-refractivity contribution in [1.29, 1.82) is 0 Å². The second-order valence-electron chi connectivity index (χ2n) is 2.57. The van der Waals surface area contributed by atoms with Gasteiger partial charge in [0.05, 0.1) is 6.21 Å². The predicted molar refractivity (Wildman–Crippen MR) is 58.2 cm³/mol. The molecule has 0 saturated heterocycles. The number of anilines is 1. The summed E-state index contributed by atoms with van der Waals surface area (Å²) in [6, 6.07) is 3.85. The summed E-state index contributed by atoms with van der Waals surface area (Å²) in [4.78, 5) is 14.3. The number of aromatic amines is 1. The summed E-state index contributed by atoms with van der Waals surface area (Å²) in [6.07, 6.45) is 2.73. The number of hydrogen-bond acceptors (Lipinski definition) is 6. The Hall–Kier alpha value is -2.02. The number of hydrazone groups is 1. The van der Waals surface area contributed by atoms with E-state index >= 15 is 0 Å². The van der Waals surface area contributed by atoms with Gasteiger partial charge in [0.25, 0.3) is 5.56 Å². The van der Waals surface area contributed by atoms with E-state index in [9.17, 15) is 4.79 Å². The Kier molecular flexibility index (Phi) is 2.84. The van der Waals surface area contributed by atoms with Crippen LogP contribution in [0.3, 0.4) is 0 Å². The van der Waals surface area contributed by atoms with Crippen LogP contribution in [-0.2, 0) is 0 Å². The first-order chi connectivity index (χ1) is 7.34. The van der Waals surface area contributed by atoms with Crippen molar-refractivity contribution >= 4 is 23.5 Å². The molecule has 76 valence electrons. The van der Waals surface area contributed by atoms with Crippen LogP contribution >= 0.6 is 11.3 Å². The number of rotatable bonds is 3. The minimum absolute atomic E-state index is 0.218. The zero-order valence-electron chi connectivity index (χ0n) is 7.54. The largest absolute Gasteiger partial charge is 0.289 e. The van der Waals surface area contributed by atoms with Crippen molar-refractivity contribution in [2.45, 2.75) is 0 Å². The molecule has 2 aromatic rings. The second kappa shape index (κ2) is 4.47. The maximum atomic E-state index is 10.8. The lowest BCUT2D eigenvalue weighted by Crippen LogP contribution is -2.10. The maximum absolute atomic E-state index is 10.8. The van der Waals surface area contributed by atoms with Gasteiger partial charge in [0.15, 0.2) is 0 Å². The number of nitrogens with zero attached hydrogens (tertiary/aromatic N) is 3. The number of hydrogen-bond donors (Lipinski definition) is 2. The molecule has 0 spiro atoms. The smallest absolute Gasteiger partial charge is 0.271 e. The van der Waals surface area contributed by atoms with Crippen LogP contribution < -0.4 is 11.0 Å². The van der Waals surface area contributed by atoms with Gasteiger partial charge >= 0.3 is 0 Å². The molecule has 7 heteroatoms. The lowest BCUT2D eigenvalue weighted by molar-refractivity contribution is 0.939.